The molecule has 0 fully saturated rings. The molecule has 2 aromatic rings. The second-order valence-corrected chi connectivity index (χ2v) is 5.46. The van der Waals surface area contributed by atoms with Crippen molar-refractivity contribution in [3.05, 3.63) is 70.3 Å². The molecule has 0 heterocycles. The Labute approximate surface area is 151 Å². The summed E-state index contributed by atoms with van der Waals surface area (Å²) in [4.78, 5) is 3.34. The summed E-state index contributed by atoms with van der Waals surface area (Å²) in [6.07, 6.45) is 3.32. The molecule has 0 saturated heterocycles. The van der Waals surface area contributed by atoms with E-state index >= 15 is 0 Å². The smallest absolute Gasteiger partial charge is 0.157 e. The van der Waals surface area contributed by atoms with Gasteiger partial charge in [-0.15, -0.1) is 4.99 Å². The number of isothiocyanates is 1. The molecule has 0 aliphatic carbocycles. The van der Waals surface area contributed by atoms with E-state index in [1.54, 1.807) is 0 Å². The molecule has 2 rings (SSSR count). The predicted molar refractivity (Wildman–Crippen MR) is 99.3 cm³/mol. The average Bonchev–Trinajstić information content (AvgIpc) is 2.63. The number of hydrogen-bond donors (Lipinski definition) is 0. The monoisotopic (exact) mass is 351 g/mol. The highest BCUT2D eigenvalue weighted by Crippen LogP contribution is 2.15. The van der Waals surface area contributed by atoms with E-state index in [0.717, 1.165) is 30.9 Å². The minimum atomic E-state index is -0.806. The van der Waals surface area contributed by atoms with E-state index < -0.39 is 11.6 Å². The Morgan fingerprint density at radius 1 is 1.00 bits per heavy atom. The summed E-state index contributed by atoms with van der Waals surface area (Å²) < 4.78 is 28.0. The maximum atomic E-state index is 14.3. The van der Waals surface area contributed by atoms with Gasteiger partial charge in [-0.25, -0.2) is 8.78 Å². The van der Waals surface area contributed by atoms with Gasteiger partial charge in [0.25, 0.3) is 0 Å². The Kier molecular flexibility index (Phi) is 7.05. The number of hydrogen-bond acceptors (Lipinski definition) is 2. The number of thiocarbonyl (C=S) groups is 1. The van der Waals surface area contributed by atoms with Crippen LogP contribution in [-0.4, -0.2) is 5.16 Å². The van der Waals surface area contributed by atoms with Gasteiger partial charge >= 0.3 is 0 Å². The maximum absolute atomic E-state index is 14.3. The second kappa shape index (κ2) is 9.50. The van der Waals surface area contributed by atoms with Crippen LogP contribution in [0.25, 0.3) is 0 Å². The number of nitrogens with zero attached hydrogens (tertiary/aromatic N) is 1. The summed E-state index contributed by atoms with van der Waals surface area (Å²) >= 11 is 4.36. The fourth-order valence-corrected chi connectivity index (χ4v) is 2.19. The van der Waals surface area contributed by atoms with Crippen LogP contribution in [0.1, 0.15) is 42.0 Å². The first-order valence-corrected chi connectivity index (χ1v) is 8.23. The molecule has 0 N–H and O–H groups in total. The summed E-state index contributed by atoms with van der Waals surface area (Å²) in [6, 6.07) is 12.4. The summed E-state index contributed by atoms with van der Waals surface area (Å²) in [7, 11) is 0. The zero-order chi connectivity index (χ0) is 18.1. The Hall–Kier alpha value is -2.78. The van der Waals surface area contributed by atoms with Crippen molar-refractivity contribution in [2.75, 3.05) is 0 Å². The lowest BCUT2D eigenvalue weighted by molar-refractivity contribution is 0.575. The third-order valence-electron chi connectivity index (χ3n) is 3.49. The Morgan fingerprint density at radius 3 is 2.44 bits per heavy atom. The largest absolute Gasteiger partial charge is 0.206 e. The molecule has 0 radical (unpaired) electrons. The van der Waals surface area contributed by atoms with Crippen molar-refractivity contribution in [1.29, 1.82) is 0 Å². The summed E-state index contributed by atoms with van der Waals surface area (Å²) in [6.45, 7) is 2.15. The zero-order valence-electron chi connectivity index (χ0n) is 13.7. The molecule has 0 aliphatic heterocycles. The highest BCUT2D eigenvalue weighted by atomic mass is 32.1. The molecule has 0 unspecified atom stereocenters. The van der Waals surface area contributed by atoms with E-state index in [0.29, 0.717) is 0 Å². The number of unbranched alkanes of at least 4 members (excludes halogenated alkanes) is 1. The van der Waals surface area contributed by atoms with E-state index in [9.17, 15) is 8.78 Å². The van der Waals surface area contributed by atoms with E-state index in [4.69, 9.17) is 0 Å². The number of rotatable bonds is 3. The van der Waals surface area contributed by atoms with Gasteiger partial charge in [0.1, 0.15) is 5.82 Å². The van der Waals surface area contributed by atoms with Crippen LogP contribution >= 0.6 is 12.2 Å². The second-order valence-electron chi connectivity index (χ2n) is 5.27. The third-order valence-corrected chi connectivity index (χ3v) is 3.58. The lowest BCUT2D eigenvalue weighted by Crippen LogP contribution is -1.94. The van der Waals surface area contributed by atoms with E-state index in [1.165, 1.54) is 11.6 Å². The van der Waals surface area contributed by atoms with Gasteiger partial charge < -0.3 is 0 Å². The first kappa shape index (κ1) is 18.6. The molecule has 0 aromatic heterocycles. The molecule has 2 aromatic carbocycles. The normalized spacial score (nSPS) is 9.24. The lowest BCUT2D eigenvalue weighted by Gasteiger charge is -2.00. The molecule has 124 valence electrons. The fourth-order valence-electron chi connectivity index (χ4n) is 2.15. The van der Waals surface area contributed by atoms with Gasteiger partial charge in [0.2, 0.25) is 0 Å². The summed E-state index contributed by atoms with van der Waals surface area (Å²) in [5.41, 5.74) is 1.71. The molecular formula is C21H15F2NS. The minimum absolute atomic E-state index is 0.0760. The van der Waals surface area contributed by atoms with Crippen molar-refractivity contribution in [3.63, 3.8) is 0 Å². The first-order chi connectivity index (χ1) is 12.2. The summed E-state index contributed by atoms with van der Waals surface area (Å²) in [5.74, 6) is 6.32. The Morgan fingerprint density at radius 2 is 1.76 bits per heavy atom. The number of benzene rings is 2. The molecule has 0 aliphatic rings. The zero-order valence-corrected chi connectivity index (χ0v) is 14.5. The first-order valence-electron chi connectivity index (χ1n) is 7.82. The fraction of sp³-hybridized carbons (Fsp3) is 0.190. The molecule has 0 amide bonds. The molecule has 4 heteroatoms. The van der Waals surface area contributed by atoms with E-state index in [-0.39, 0.29) is 11.1 Å². The highest BCUT2D eigenvalue weighted by molar-refractivity contribution is 7.78. The molecule has 0 atom stereocenters. The van der Waals surface area contributed by atoms with Crippen LogP contribution in [0.15, 0.2) is 41.4 Å². The minimum Gasteiger partial charge on any atom is -0.206 e. The van der Waals surface area contributed by atoms with Gasteiger partial charge in [0.15, 0.2) is 5.82 Å². The molecule has 0 bridgehead atoms. The Bertz CT molecular complexity index is 919. The van der Waals surface area contributed by atoms with Crippen molar-refractivity contribution < 1.29 is 8.78 Å². The van der Waals surface area contributed by atoms with E-state index in [2.05, 4.69) is 47.9 Å². The summed E-state index contributed by atoms with van der Waals surface area (Å²) in [5, 5.41) is 2.02. The van der Waals surface area contributed by atoms with Gasteiger partial charge in [0.05, 0.1) is 22.3 Å². The predicted octanol–water partition coefficient (Wildman–Crippen LogP) is 5.12. The van der Waals surface area contributed by atoms with Crippen LogP contribution in [0.2, 0.25) is 0 Å². The van der Waals surface area contributed by atoms with Crippen molar-refractivity contribution >= 4 is 17.4 Å². The third kappa shape index (κ3) is 5.37. The van der Waals surface area contributed by atoms with Crippen molar-refractivity contribution in [2.24, 2.45) is 4.99 Å². The highest BCUT2D eigenvalue weighted by Gasteiger charge is 2.10. The van der Waals surface area contributed by atoms with Gasteiger partial charge in [-0.05, 0) is 60.8 Å². The number of aliphatic imine (C=N–C) groups is 1. The maximum Gasteiger partial charge on any atom is 0.157 e. The van der Waals surface area contributed by atoms with Crippen LogP contribution in [0, 0.1) is 35.4 Å². The molecule has 25 heavy (non-hydrogen) atoms. The van der Waals surface area contributed by atoms with Crippen LogP contribution in [0.4, 0.5) is 8.78 Å². The molecular weight excluding hydrogens is 336 g/mol. The quantitative estimate of drug-likeness (QED) is 0.425. The molecule has 0 saturated carbocycles. The number of halogens is 2. The van der Waals surface area contributed by atoms with Gasteiger partial charge in [-0.1, -0.05) is 37.3 Å². The van der Waals surface area contributed by atoms with Crippen LogP contribution in [-0.2, 0) is 6.42 Å². The van der Waals surface area contributed by atoms with Crippen LogP contribution < -0.4 is 0 Å². The van der Waals surface area contributed by atoms with Crippen LogP contribution in [0.3, 0.4) is 0 Å². The standard InChI is InChI=1S/C21H15F2NS/c1-2-3-4-16-5-7-17(8-6-16)9-10-18-11-12-20(22)19(21(18)23)13-14-24-15-25/h5-8,11-12H,2-4H2,1H3. The average molecular weight is 351 g/mol. The van der Waals surface area contributed by atoms with Crippen molar-refractivity contribution in [1.82, 2.24) is 0 Å². The van der Waals surface area contributed by atoms with Gasteiger partial charge in [0, 0.05) is 5.56 Å². The van der Waals surface area contributed by atoms with Crippen molar-refractivity contribution in [3.8, 4) is 23.8 Å². The van der Waals surface area contributed by atoms with Crippen LogP contribution in [0.5, 0.6) is 0 Å². The lowest BCUT2D eigenvalue weighted by atomic mass is 10.1. The van der Waals surface area contributed by atoms with Gasteiger partial charge in [-0.2, -0.15) is 0 Å². The number of aryl methyl sites for hydroxylation is 1. The SMILES string of the molecule is CCCCc1ccc(C#Cc2ccc(F)c(C#CN=C=S)c2F)cc1. The topological polar surface area (TPSA) is 12.4 Å². The van der Waals surface area contributed by atoms with E-state index in [1.807, 2.05) is 29.4 Å². The van der Waals surface area contributed by atoms with Crippen molar-refractivity contribution in [2.45, 2.75) is 26.2 Å². The van der Waals surface area contributed by atoms with Gasteiger partial charge in [-0.3, -0.25) is 0 Å². The Balaban J connectivity index is 2.27. The molecule has 0 spiro atoms. The molecule has 1 nitrogen and oxygen atoms in total.